The normalized spacial score (nSPS) is 12.2. The molecular formula is C12H16F2N2OS. The van der Waals surface area contributed by atoms with Gasteiger partial charge in [0.15, 0.2) is 5.82 Å². The Hall–Kier alpha value is -1.30. The number of thioether (sulfide) groups is 1. The van der Waals surface area contributed by atoms with Crippen molar-refractivity contribution in [3.63, 3.8) is 0 Å². The van der Waals surface area contributed by atoms with Crippen LogP contribution in [-0.4, -0.2) is 24.0 Å². The number of rotatable bonds is 5. The van der Waals surface area contributed by atoms with Crippen molar-refractivity contribution in [2.24, 2.45) is 0 Å². The van der Waals surface area contributed by atoms with Gasteiger partial charge in [0.25, 0.3) is 5.91 Å². The molecule has 1 rings (SSSR count). The molecule has 0 aliphatic rings. The van der Waals surface area contributed by atoms with Crippen molar-refractivity contribution in [2.75, 3.05) is 17.7 Å². The van der Waals surface area contributed by atoms with Gasteiger partial charge in [0.05, 0.1) is 5.69 Å². The zero-order chi connectivity index (χ0) is 13.7. The smallest absolute Gasteiger partial charge is 0.257 e. The Morgan fingerprint density at radius 2 is 2.17 bits per heavy atom. The van der Waals surface area contributed by atoms with Crippen molar-refractivity contribution in [3.8, 4) is 0 Å². The van der Waals surface area contributed by atoms with Gasteiger partial charge in [-0.1, -0.05) is 0 Å². The van der Waals surface area contributed by atoms with Crippen molar-refractivity contribution in [2.45, 2.75) is 19.4 Å². The molecule has 0 aliphatic carbocycles. The van der Waals surface area contributed by atoms with Crippen LogP contribution in [0.2, 0.25) is 0 Å². The van der Waals surface area contributed by atoms with E-state index in [1.807, 2.05) is 6.26 Å². The minimum atomic E-state index is -1.01. The largest absolute Gasteiger partial charge is 0.396 e. The second kappa shape index (κ2) is 6.58. The maximum Gasteiger partial charge on any atom is 0.257 e. The molecule has 0 fully saturated rings. The lowest BCUT2D eigenvalue weighted by Crippen LogP contribution is -2.34. The molecule has 0 saturated heterocycles. The molecule has 3 nitrogen and oxygen atoms in total. The number of anilines is 1. The lowest BCUT2D eigenvalue weighted by Gasteiger charge is -2.14. The average molecular weight is 274 g/mol. The summed E-state index contributed by atoms with van der Waals surface area (Å²) in [6.45, 7) is 1.79. The van der Waals surface area contributed by atoms with Gasteiger partial charge in [-0.2, -0.15) is 11.8 Å². The molecule has 1 atom stereocenters. The van der Waals surface area contributed by atoms with E-state index in [1.54, 1.807) is 18.7 Å². The standard InChI is InChI=1S/C12H16F2N2OS/c1-7(5-6-18-2)16-12(17)10-8(13)3-4-9(15)11(10)14/h3-4,7H,5-6,15H2,1-2H3,(H,16,17). The van der Waals surface area contributed by atoms with E-state index in [9.17, 15) is 13.6 Å². The Balaban J connectivity index is 2.81. The maximum atomic E-state index is 13.6. The Labute approximate surface area is 109 Å². The summed E-state index contributed by atoms with van der Waals surface area (Å²) < 4.78 is 27.0. The van der Waals surface area contributed by atoms with Crippen LogP contribution in [0, 0.1) is 11.6 Å². The van der Waals surface area contributed by atoms with Crippen LogP contribution in [-0.2, 0) is 0 Å². The fourth-order valence-corrected chi connectivity index (χ4v) is 2.03. The van der Waals surface area contributed by atoms with Gasteiger partial charge in [-0.25, -0.2) is 8.78 Å². The molecule has 0 radical (unpaired) electrons. The van der Waals surface area contributed by atoms with Gasteiger partial charge < -0.3 is 11.1 Å². The number of carbonyl (C=O) groups excluding carboxylic acids is 1. The summed E-state index contributed by atoms with van der Waals surface area (Å²) in [5.74, 6) is -1.82. The summed E-state index contributed by atoms with van der Waals surface area (Å²) in [7, 11) is 0. The van der Waals surface area contributed by atoms with Crippen LogP contribution in [0.5, 0.6) is 0 Å². The molecule has 1 aromatic rings. The first-order valence-corrected chi connectivity index (χ1v) is 6.90. The molecule has 1 unspecified atom stereocenters. The summed E-state index contributed by atoms with van der Waals surface area (Å²) in [4.78, 5) is 11.8. The number of halogens is 2. The summed E-state index contributed by atoms with van der Waals surface area (Å²) in [5, 5.41) is 2.55. The molecule has 3 N–H and O–H groups in total. The van der Waals surface area contributed by atoms with Crippen molar-refractivity contribution < 1.29 is 13.6 Å². The SMILES string of the molecule is CSCCC(C)NC(=O)c1c(F)ccc(N)c1F. The predicted molar refractivity (Wildman–Crippen MR) is 70.7 cm³/mol. The van der Waals surface area contributed by atoms with Crippen LogP contribution in [0.25, 0.3) is 0 Å². The fraction of sp³-hybridized carbons (Fsp3) is 0.417. The van der Waals surface area contributed by atoms with Gasteiger partial charge in [0, 0.05) is 6.04 Å². The number of benzene rings is 1. The first-order valence-electron chi connectivity index (χ1n) is 5.50. The van der Waals surface area contributed by atoms with Crippen LogP contribution in [0.3, 0.4) is 0 Å². The highest BCUT2D eigenvalue weighted by Crippen LogP contribution is 2.18. The number of hydrogen-bond acceptors (Lipinski definition) is 3. The van der Waals surface area contributed by atoms with E-state index in [0.717, 1.165) is 24.3 Å². The third-order valence-electron chi connectivity index (χ3n) is 2.48. The van der Waals surface area contributed by atoms with Crippen LogP contribution in [0.4, 0.5) is 14.5 Å². The van der Waals surface area contributed by atoms with Gasteiger partial charge in [0.2, 0.25) is 0 Å². The van der Waals surface area contributed by atoms with E-state index in [-0.39, 0.29) is 11.7 Å². The van der Waals surface area contributed by atoms with Gasteiger partial charge >= 0.3 is 0 Å². The Morgan fingerprint density at radius 3 is 2.78 bits per heavy atom. The van der Waals surface area contributed by atoms with Crippen LogP contribution in [0.1, 0.15) is 23.7 Å². The summed E-state index contributed by atoms with van der Waals surface area (Å²) in [5.41, 5.74) is 4.46. The molecule has 18 heavy (non-hydrogen) atoms. The predicted octanol–water partition coefficient (Wildman–Crippen LogP) is 2.42. The second-order valence-corrected chi connectivity index (χ2v) is 4.97. The summed E-state index contributed by atoms with van der Waals surface area (Å²) in [6, 6.07) is 1.93. The van der Waals surface area contributed by atoms with Gasteiger partial charge in [0.1, 0.15) is 11.4 Å². The van der Waals surface area contributed by atoms with Crippen LogP contribution >= 0.6 is 11.8 Å². The number of nitrogens with one attached hydrogen (secondary N) is 1. The Kier molecular flexibility index (Phi) is 5.40. The lowest BCUT2D eigenvalue weighted by molar-refractivity contribution is 0.0931. The zero-order valence-electron chi connectivity index (χ0n) is 10.3. The maximum absolute atomic E-state index is 13.6. The third-order valence-corrected chi connectivity index (χ3v) is 3.12. The number of hydrogen-bond donors (Lipinski definition) is 2. The molecule has 0 spiro atoms. The number of amides is 1. The highest BCUT2D eigenvalue weighted by atomic mass is 32.2. The van der Waals surface area contributed by atoms with E-state index < -0.39 is 23.1 Å². The molecule has 6 heteroatoms. The first-order chi connectivity index (χ1) is 8.47. The molecule has 1 aromatic carbocycles. The first kappa shape index (κ1) is 14.8. The van der Waals surface area contributed by atoms with E-state index in [1.165, 1.54) is 0 Å². The second-order valence-electron chi connectivity index (χ2n) is 3.98. The van der Waals surface area contributed by atoms with E-state index in [2.05, 4.69) is 5.32 Å². The average Bonchev–Trinajstić information content (AvgIpc) is 2.31. The fourth-order valence-electron chi connectivity index (χ4n) is 1.44. The summed E-state index contributed by atoms with van der Waals surface area (Å²) >= 11 is 1.64. The molecule has 0 heterocycles. The minimum Gasteiger partial charge on any atom is -0.396 e. The molecule has 0 aromatic heterocycles. The van der Waals surface area contributed by atoms with Crippen molar-refractivity contribution in [1.82, 2.24) is 5.32 Å². The van der Waals surface area contributed by atoms with Gasteiger partial charge in [-0.15, -0.1) is 0 Å². The number of nitrogen functional groups attached to an aromatic ring is 1. The van der Waals surface area contributed by atoms with E-state index >= 15 is 0 Å². The number of carbonyl (C=O) groups is 1. The van der Waals surface area contributed by atoms with Crippen LogP contribution < -0.4 is 11.1 Å². The molecule has 0 saturated carbocycles. The summed E-state index contributed by atoms with van der Waals surface area (Å²) in [6.07, 6.45) is 2.68. The highest BCUT2D eigenvalue weighted by Gasteiger charge is 2.20. The Bertz CT molecular complexity index is 440. The molecule has 100 valence electrons. The molecule has 0 bridgehead atoms. The van der Waals surface area contributed by atoms with Crippen molar-refractivity contribution in [1.29, 1.82) is 0 Å². The van der Waals surface area contributed by atoms with E-state index in [0.29, 0.717) is 0 Å². The quantitative estimate of drug-likeness (QED) is 0.811. The van der Waals surface area contributed by atoms with Crippen molar-refractivity contribution in [3.05, 3.63) is 29.3 Å². The monoisotopic (exact) mass is 274 g/mol. The van der Waals surface area contributed by atoms with Crippen LogP contribution in [0.15, 0.2) is 12.1 Å². The van der Waals surface area contributed by atoms with Gasteiger partial charge in [-0.05, 0) is 37.5 Å². The van der Waals surface area contributed by atoms with Crippen molar-refractivity contribution >= 4 is 23.4 Å². The topological polar surface area (TPSA) is 55.1 Å². The Morgan fingerprint density at radius 1 is 1.50 bits per heavy atom. The lowest BCUT2D eigenvalue weighted by atomic mass is 10.1. The molecule has 0 aliphatic heterocycles. The van der Waals surface area contributed by atoms with Gasteiger partial charge in [-0.3, -0.25) is 4.79 Å². The van der Waals surface area contributed by atoms with E-state index in [4.69, 9.17) is 5.73 Å². The number of nitrogens with two attached hydrogens (primary N) is 1. The minimum absolute atomic E-state index is 0.148. The molecule has 1 amide bonds. The zero-order valence-corrected chi connectivity index (χ0v) is 11.1. The molecular weight excluding hydrogens is 258 g/mol. The third kappa shape index (κ3) is 3.60. The highest BCUT2D eigenvalue weighted by molar-refractivity contribution is 7.98.